The molecule has 18 heavy (non-hydrogen) atoms. The molecule has 0 saturated heterocycles. The van der Waals surface area contributed by atoms with Gasteiger partial charge in [-0.25, -0.2) is 9.59 Å². The second kappa shape index (κ2) is 5.67. The lowest BCUT2D eigenvalue weighted by Crippen LogP contribution is -2.12. The lowest BCUT2D eigenvalue weighted by molar-refractivity contribution is 0.0429. The highest BCUT2D eigenvalue weighted by molar-refractivity contribution is 5.93. The van der Waals surface area contributed by atoms with Crippen molar-refractivity contribution in [1.82, 2.24) is 0 Å². The third kappa shape index (κ3) is 3.09. The molecule has 1 unspecified atom stereocenters. The SMILES string of the molecule is CC1CCCOC(=O)c2ccc(cc2)C(=O)OC1. The molecule has 0 saturated carbocycles. The Labute approximate surface area is 106 Å². The number of esters is 2. The summed E-state index contributed by atoms with van der Waals surface area (Å²) in [7, 11) is 0. The Bertz CT molecular complexity index is 436. The third-order valence-electron chi connectivity index (χ3n) is 2.93. The molecular formula is C14H16O4. The van der Waals surface area contributed by atoms with Crippen LogP contribution in [0, 0.1) is 5.92 Å². The van der Waals surface area contributed by atoms with Gasteiger partial charge in [0.25, 0.3) is 0 Å². The van der Waals surface area contributed by atoms with Crippen molar-refractivity contribution in [3.05, 3.63) is 35.4 Å². The molecule has 96 valence electrons. The van der Waals surface area contributed by atoms with Gasteiger partial charge in [-0.3, -0.25) is 0 Å². The van der Waals surface area contributed by atoms with E-state index in [4.69, 9.17) is 9.47 Å². The van der Waals surface area contributed by atoms with Crippen molar-refractivity contribution in [2.45, 2.75) is 19.8 Å². The minimum Gasteiger partial charge on any atom is -0.462 e. The fraction of sp³-hybridized carbons (Fsp3) is 0.429. The zero-order chi connectivity index (χ0) is 13.0. The minimum atomic E-state index is -0.346. The number of carbonyl (C=O) groups is 2. The van der Waals surface area contributed by atoms with Gasteiger partial charge in [-0.1, -0.05) is 6.92 Å². The normalized spacial score (nSPS) is 21.3. The van der Waals surface area contributed by atoms with E-state index in [1.807, 2.05) is 6.92 Å². The molecule has 4 heteroatoms. The summed E-state index contributed by atoms with van der Waals surface area (Å²) in [6.07, 6.45) is 1.65. The van der Waals surface area contributed by atoms with Gasteiger partial charge in [0.15, 0.2) is 0 Å². The van der Waals surface area contributed by atoms with Gasteiger partial charge in [-0.05, 0) is 43.0 Å². The molecule has 2 heterocycles. The fourth-order valence-corrected chi connectivity index (χ4v) is 1.81. The maximum absolute atomic E-state index is 11.7. The Morgan fingerprint density at radius 1 is 1.00 bits per heavy atom. The van der Waals surface area contributed by atoms with Crippen LogP contribution >= 0.6 is 0 Å². The summed E-state index contributed by atoms with van der Waals surface area (Å²) in [5.41, 5.74) is 0.914. The Hall–Kier alpha value is -1.84. The summed E-state index contributed by atoms with van der Waals surface area (Å²) in [4.78, 5) is 23.4. The van der Waals surface area contributed by atoms with Crippen LogP contribution in [0.5, 0.6) is 0 Å². The Morgan fingerprint density at radius 3 is 2.17 bits per heavy atom. The summed E-state index contributed by atoms with van der Waals surface area (Å²) in [5, 5.41) is 0. The van der Waals surface area contributed by atoms with E-state index >= 15 is 0 Å². The number of ether oxygens (including phenoxy) is 2. The smallest absolute Gasteiger partial charge is 0.338 e. The lowest BCUT2D eigenvalue weighted by atomic mass is 10.1. The molecule has 4 nitrogen and oxygen atoms in total. The third-order valence-corrected chi connectivity index (χ3v) is 2.93. The molecule has 1 aromatic carbocycles. The van der Waals surface area contributed by atoms with Gasteiger partial charge in [0.05, 0.1) is 24.3 Å². The van der Waals surface area contributed by atoms with Gasteiger partial charge >= 0.3 is 11.9 Å². The molecule has 0 amide bonds. The van der Waals surface area contributed by atoms with Crippen molar-refractivity contribution in [3.8, 4) is 0 Å². The molecule has 1 aromatic rings. The molecule has 0 spiro atoms. The number of carbonyl (C=O) groups excluding carboxylic acids is 2. The summed E-state index contributed by atoms with van der Waals surface area (Å²) < 4.78 is 10.4. The van der Waals surface area contributed by atoms with Crippen LogP contribution in [0.15, 0.2) is 24.3 Å². The first kappa shape index (κ1) is 12.6. The van der Waals surface area contributed by atoms with E-state index in [1.165, 1.54) is 0 Å². The maximum Gasteiger partial charge on any atom is 0.338 e. The summed E-state index contributed by atoms with van der Waals surface area (Å²) >= 11 is 0. The zero-order valence-corrected chi connectivity index (χ0v) is 10.3. The van der Waals surface area contributed by atoms with Crippen LogP contribution in [0.3, 0.4) is 0 Å². The van der Waals surface area contributed by atoms with Crippen LogP contribution in [0.4, 0.5) is 0 Å². The maximum atomic E-state index is 11.7. The number of rotatable bonds is 0. The monoisotopic (exact) mass is 248 g/mol. The van der Waals surface area contributed by atoms with Crippen molar-refractivity contribution in [2.24, 2.45) is 5.92 Å². The first-order chi connectivity index (χ1) is 8.66. The first-order valence-corrected chi connectivity index (χ1v) is 6.11. The highest BCUT2D eigenvalue weighted by Gasteiger charge is 2.14. The quantitative estimate of drug-likeness (QED) is 0.662. The number of hydrogen-bond donors (Lipinski definition) is 0. The number of hydrogen-bond acceptors (Lipinski definition) is 4. The average molecular weight is 248 g/mol. The molecule has 0 radical (unpaired) electrons. The van der Waals surface area contributed by atoms with Crippen molar-refractivity contribution >= 4 is 11.9 Å². The van der Waals surface area contributed by atoms with E-state index in [1.54, 1.807) is 24.3 Å². The van der Waals surface area contributed by atoms with Crippen LogP contribution in [0.1, 0.15) is 40.5 Å². The molecule has 0 aromatic heterocycles. The first-order valence-electron chi connectivity index (χ1n) is 6.11. The Morgan fingerprint density at radius 2 is 1.56 bits per heavy atom. The van der Waals surface area contributed by atoms with Crippen molar-refractivity contribution in [1.29, 1.82) is 0 Å². The van der Waals surface area contributed by atoms with Gasteiger partial charge in [-0.2, -0.15) is 0 Å². The van der Waals surface area contributed by atoms with Crippen molar-refractivity contribution in [2.75, 3.05) is 13.2 Å². The second-order valence-electron chi connectivity index (χ2n) is 4.56. The highest BCUT2D eigenvalue weighted by atomic mass is 16.5. The van der Waals surface area contributed by atoms with Gasteiger partial charge < -0.3 is 9.47 Å². The van der Waals surface area contributed by atoms with E-state index in [0.717, 1.165) is 12.8 Å². The van der Waals surface area contributed by atoms with Gasteiger partial charge in [0.2, 0.25) is 0 Å². The zero-order valence-electron chi connectivity index (χ0n) is 10.3. The second-order valence-corrected chi connectivity index (χ2v) is 4.56. The largest absolute Gasteiger partial charge is 0.462 e. The summed E-state index contributed by atoms with van der Waals surface area (Å²) in [6.45, 7) is 2.81. The molecule has 0 fully saturated rings. The number of benzene rings is 1. The molecule has 0 aliphatic carbocycles. The van der Waals surface area contributed by atoms with Gasteiger partial charge in [0.1, 0.15) is 0 Å². The Balaban J connectivity index is 2.18. The van der Waals surface area contributed by atoms with Gasteiger partial charge in [-0.15, -0.1) is 0 Å². The molecule has 2 aliphatic heterocycles. The van der Waals surface area contributed by atoms with E-state index < -0.39 is 0 Å². The van der Waals surface area contributed by atoms with Crippen LogP contribution in [0.25, 0.3) is 0 Å². The predicted molar refractivity (Wildman–Crippen MR) is 65.4 cm³/mol. The van der Waals surface area contributed by atoms with E-state index in [-0.39, 0.29) is 17.9 Å². The molecule has 0 N–H and O–H groups in total. The number of fused-ring (bicyclic) bond motifs is 10. The topological polar surface area (TPSA) is 52.6 Å². The predicted octanol–water partition coefficient (Wildman–Crippen LogP) is 2.43. The van der Waals surface area contributed by atoms with E-state index in [0.29, 0.717) is 24.3 Å². The fourth-order valence-electron chi connectivity index (χ4n) is 1.81. The van der Waals surface area contributed by atoms with E-state index in [9.17, 15) is 9.59 Å². The van der Waals surface area contributed by atoms with Crippen LogP contribution < -0.4 is 0 Å². The Kier molecular flexibility index (Phi) is 3.97. The van der Waals surface area contributed by atoms with Crippen LogP contribution in [0.2, 0.25) is 0 Å². The van der Waals surface area contributed by atoms with Crippen molar-refractivity contribution in [3.63, 3.8) is 0 Å². The molecule has 3 rings (SSSR count). The molecule has 2 bridgehead atoms. The average Bonchev–Trinajstić information content (AvgIpc) is 2.41. The van der Waals surface area contributed by atoms with Gasteiger partial charge in [0, 0.05) is 0 Å². The lowest BCUT2D eigenvalue weighted by Gasteiger charge is -2.11. The summed E-state index contributed by atoms with van der Waals surface area (Å²) in [5.74, 6) is -0.422. The van der Waals surface area contributed by atoms with Crippen LogP contribution in [-0.4, -0.2) is 25.2 Å². The molecule has 2 aliphatic rings. The minimum absolute atomic E-state index is 0.270. The highest BCUT2D eigenvalue weighted by Crippen LogP contribution is 2.12. The van der Waals surface area contributed by atoms with Crippen molar-refractivity contribution < 1.29 is 19.1 Å². The molecular weight excluding hydrogens is 232 g/mol. The van der Waals surface area contributed by atoms with Crippen LogP contribution in [-0.2, 0) is 9.47 Å². The summed E-state index contributed by atoms with van der Waals surface area (Å²) in [6, 6.07) is 6.34. The standard InChI is InChI=1S/C14H16O4/c1-10-3-2-8-17-13(15)11-4-6-12(7-5-11)14(16)18-9-10/h4-7,10H,2-3,8-9H2,1H3. The molecule has 1 atom stereocenters. The van der Waals surface area contributed by atoms with E-state index in [2.05, 4.69) is 0 Å².